The summed E-state index contributed by atoms with van der Waals surface area (Å²) in [5.41, 5.74) is 7.71. The van der Waals surface area contributed by atoms with Crippen LogP contribution in [0.5, 0.6) is 5.75 Å². The summed E-state index contributed by atoms with van der Waals surface area (Å²) in [6.45, 7) is 1.91. The molecule has 1 heterocycles. The summed E-state index contributed by atoms with van der Waals surface area (Å²) in [6, 6.07) is 5.87. The molecule has 0 fully saturated rings. The van der Waals surface area contributed by atoms with E-state index in [0.29, 0.717) is 0 Å². The zero-order chi connectivity index (χ0) is 11.7. The van der Waals surface area contributed by atoms with Crippen LogP contribution in [-0.2, 0) is 0 Å². The maximum Gasteiger partial charge on any atom is 0.133 e. The first-order valence-corrected chi connectivity index (χ1v) is 6.29. The van der Waals surface area contributed by atoms with E-state index in [-0.39, 0.29) is 0 Å². The molecule has 0 amide bonds. The van der Waals surface area contributed by atoms with Gasteiger partial charge in [0, 0.05) is 5.56 Å². The fraction of sp³-hybridized carbons (Fsp3) is 0.182. The van der Waals surface area contributed by atoms with Gasteiger partial charge in [0.25, 0.3) is 0 Å². The number of nitrogens with zero attached hydrogens (tertiary/aromatic N) is 1. The molecule has 0 aliphatic carbocycles. The van der Waals surface area contributed by atoms with E-state index < -0.39 is 0 Å². The molecule has 1 aromatic heterocycles. The molecule has 0 saturated heterocycles. The lowest BCUT2D eigenvalue weighted by Crippen LogP contribution is -1.85. The molecule has 16 heavy (non-hydrogen) atoms. The van der Waals surface area contributed by atoms with E-state index in [1.807, 2.05) is 25.1 Å². The van der Waals surface area contributed by atoms with Crippen molar-refractivity contribution in [2.24, 2.45) is 0 Å². The molecule has 0 aliphatic heterocycles. The molecule has 0 saturated carbocycles. The minimum absolute atomic E-state index is 0.766. The number of methoxy groups -OCH3 is 1. The Bertz CT molecular complexity index is 505. The van der Waals surface area contributed by atoms with Crippen LogP contribution in [0.1, 0.15) is 5.69 Å². The van der Waals surface area contributed by atoms with E-state index >= 15 is 0 Å². The van der Waals surface area contributed by atoms with E-state index in [9.17, 15) is 0 Å². The molecular weight excluding hydrogens is 288 g/mol. The Balaban J connectivity index is 2.45. The Hall–Kier alpha value is -1.07. The molecule has 2 rings (SSSR count). The smallest absolute Gasteiger partial charge is 0.133 e. The summed E-state index contributed by atoms with van der Waals surface area (Å²) in [4.78, 5) is 4.41. The van der Waals surface area contributed by atoms with Crippen molar-refractivity contribution in [3.63, 3.8) is 0 Å². The van der Waals surface area contributed by atoms with Crippen molar-refractivity contribution >= 4 is 32.3 Å². The molecule has 1 aromatic carbocycles. The number of ether oxygens (including phenoxy) is 1. The molecule has 0 aliphatic rings. The second-order valence-electron chi connectivity index (χ2n) is 3.32. The summed E-state index contributed by atoms with van der Waals surface area (Å²) >= 11 is 4.95. The van der Waals surface area contributed by atoms with E-state index in [0.717, 1.165) is 31.5 Å². The Morgan fingerprint density at radius 3 is 2.69 bits per heavy atom. The molecule has 0 spiro atoms. The average Bonchev–Trinajstić information content (AvgIpc) is 2.59. The second kappa shape index (κ2) is 4.43. The highest BCUT2D eigenvalue weighted by Gasteiger charge is 2.08. The van der Waals surface area contributed by atoms with Gasteiger partial charge in [0.2, 0.25) is 0 Å². The van der Waals surface area contributed by atoms with Crippen LogP contribution in [-0.4, -0.2) is 12.1 Å². The highest BCUT2D eigenvalue weighted by molar-refractivity contribution is 9.10. The molecule has 2 aromatic rings. The van der Waals surface area contributed by atoms with Crippen molar-refractivity contribution in [1.29, 1.82) is 0 Å². The summed E-state index contributed by atoms with van der Waals surface area (Å²) in [6.07, 6.45) is 0. The number of aromatic nitrogens is 1. The third-order valence-electron chi connectivity index (χ3n) is 2.23. The van der Waals surface area contributed by atoms with Crippen molar-refractivity contribution in [1.82, 2.24) is 4.98 Å². The van der Waals surface area contributed by atoms with Crippen LogP contribution in [0.25, 0.3) is 10.6 Å². The molecular formula is C11H11BrN2OS. The second-order valence-corrected chi connectivity index (χ2v) is 5.20. The van der Waals surface area contributed by atoms with Crippen molar-refractivity contribution < 1.29 is 4.74 Å². The Morgan fingerprint density at radius 2 is 2.19 bits per heavy atom. The number of halogens is 1. The van der Waals surface area contributed by atoms with Crippen LogP contribution in [0.15, 0.2) is 22.7 Å². The average molecular weight is 299 g/mol. The standard InChI is InChI=1S/C11H11BrN2OS/c1-6-10(13)16-11(14-6)7-3-4-9(15-2)8(12)5-7/h3-5H,13H2,1-2H3. The highest BCUT2D eigenvalue weighted by atomic mass is 79.9. The molecule has 0 atom stereocenters. The van der Waals surface area contributed by atoms with Gasteiger partial charge in [-0.3, -0.25) is 0 Å². The number of hydrogen-bond donors (Lipinski definition) is 1. The first-order valence-electron chi connectivity index (χ1n) is 4.68. The Morgan fingerprint density at radius 1 is 1.44 bits per heavy atom. The number of thiazole rings is 1. The first-order chi connectivity index (χ1) is 7.61. The number of nitrogens with two attached hydrogens (primary N) is 1. The molecule has 0 radical (unpaired) electrons. The number of anilines is 1. The minimum atomic E-state index is 0.766. The third kappa shape index (κ3) is 2.05. The van der Waals surface area contributed by atoms with Crippen molar-refractivity contribution in [2.75, 3.05) is 12.8 Å². The van der Waals surface area contributed by atoms with Gasteiger partial charge in [-0.25, -0.2) is 4.98 Å². The quantitative estimate of drug-likeness (QED) is 0.923. The van der Waals surface area contributed by atoms with Gasteiger partial charge in [-0.15, -0.1) is 0 Å². The van der Waals surface area contributed by atoms with Crippen molar-refractivity contribution in [3.05, 3.63) is 28.4 Å². The molecule has 2 N–H and O–H groups in total. The Kier molecular flexibility index (Phi) is 3.16. The number of rotatable bonds is 2. The van der Waals surface area contributed by atoms with Gasteiger partial charge in [0.15, 0.2) is 0 Å². The zero-order valence-corrected chi connectivity index (χ0v) is 11.4. The van der Waals surface area contributed by atoms with Crippen LogP contribution in [0, 0.1) is 6.92 Å². The highest BCUT2D eigenvalue weighted by Crippen LogP contribution is 2.34. The van der Waals surface area contributed by atoms with Crippen molar-refractivity contribution in [3.8, 4) is 16.3 Å². The maximum absolute atomic E-state index is 5.79. The number of aryl methyl sites for hydroxylation is 1. The summed E-state index contributed by atoms with van der Waals surface area (Å²) < 4.78 is 6.09. The van der Waals surface area contributed by atoms with Gasteiger partial charge in [-0.2, -0.15) is 0 Å². The van der Waals surface area contributed by atoms with Crippen molar-refractivity contribution in [2.45, 2.75) is 6.92 Å². The third-order valence-corrected chi connectivity index (χ3v) is 3.89. The monoisotopic (exact) mass is 298 g/mol. The minimum Gasteiger partial charge on any atom is -0.496 e. The van der Waals surface area contributed by atoms with Gasteiger partial charge in [0.05, 0.1) is 17.3 Å². The summed E-state index contributed by atoms with van der Waals surface area (Å²) in [5.74, 6) is 0.810. The number of hydrogen-bond acceptors (Lipinski definition) is 4. The topological polar surface area (TPSA) is 48.1 Å². The fourth-order valence-electron chi connectivity index (χ4n) is 1.33. The number of nitrogen functional groups attached to an aromatic ring is 1. The summed E-state index contributed by atoms with van der Waals surface area (Å²) in [7, 11) is 1.64. The normalized spacial score (nSPS) is 10.4. The predicted octanol–water partition coefficient (Wildman–Crippen LogP) is 3.47. The van der Waals surface area contributed by atoms with E-state index in [4.69, 9.17) is 10.5 Å². The van der Waals surface area contributed by atoms with Crippen LogP contribution in [0.4, 0.5) is 5.00 Å². The largest absolute Gasteiger partial charge is 0.496 e. The van der Waals surface area contributed by atoms with Gasteiger partial charge in [0.1, 0.15) is 15.8 Å². The molecule has 0 unspecified atom stereocenters. The van der Waals surface area contributed by atoms with Gasteiger partial charge >= 0.3 is 0 Å². The number of benzene rings is 1. The molecule has 84 valence electrons. The van der Waals surface area contributed by atoms with E-state index in [1.165, 1.54) is 11.3 Å². The van der Waals surface area contributed by atoms with Crippen LogP contribution >= 0.6 is 27.3 Å². The molecule has 3 nitrogen and oxygen atoms in total. The van der Waals surface area contributed by atoms with Gasteiger partial charge in [-0.05, 0) is 41.1 Å². The first kappa shape index (κ1) is 11.4. The van der Waals surface area contributed by atoms with Crippen LogP contribution in [0.2, 0.25) is 0 Å². The zero-order valence-electron chi connectivity index (χ0n) is 8.95. The lowest BCUT2D eigenvalue weighted by atomic mass is 10.2. The van der Waals surface area contributed by atoms with Gasteiger partial charge < -0.3 is 10.5 Å². The van der Waals surface area contributed by atoms with E-state index in [1.54, 1.807) is 7.11 Å². The maximum atomic E-state index is 5.79. The van der Waals surface area contributed by atoms with Crippen LogP contribution in [0.3, 0.4) is 0 Å². The lowest BCUT2D eigenvalue weighted by Gasteiger charge is -2.03. The lowest BCUT2D eigenvalue weighted by molar-refractivity contribution is 0.412. The van der Waals surface area contributed by atoms with E-state index in [2.05, 4.69) is 20.9 Å². The Labute approximate surface area is 106 Å². The summed E-state index contributed by atoms with van der Waals surface area (Å²) in [5, 5.41) is 1.69. The van der Waals surface area contributed by atoms with Gasteiger partial charge in [-0.1, -0.05) is 11.3 Å². The predicted molar refractivity (Wildman–Crippen MR) is 71.0 cm³/mol. The fourth-order valence-corrected chi connectivity index (χ4v) is 2.70. The molecule has 0 bridgehead atoms. The SMILES string of the molecule is COc1ccc(-c2nc(C)c(N)s2)cc1Br. The van der Waals surface area contributed by atoms with Crippen LogP contribution < -0.4 is 10.5 Å². The molecule has 5 heteroatoms.